The van der Waals surface area contributed by atoms with Gasteiger partial charge >= 0.3 is 5.97 Å². The topological polar surface area (TPSA) is 127 Å². The fourth-order valence-electron chi connectivity index (χ4n) is 5.90. The summed E-state index contributed by atoms with van der Waals surface area (Å²) in [7, 11) is -4.10. The number of nitrogens with one attached hydrogen (secondary N) is 1. The van der Waals surface area contributed by atoms with Gasteiger partial charge in [0.05, 0.1) is 4.90 Å². The van der Waals surface area contributed by atoms with Gasteiger partial charge in [0.25, 0.3) is 0 Å². The van der Waals surface area contributed by atoms with Gasteiger partial charge in [-0.25, -0.2) is 13.2 Å². The highest BCUT2D eigenvalue weighted by Crippen LogP contribution is 2.30. The molecule has 0 radical (unpaired) electrons. The second-order valence-corrected chi connectivity index (χ2v) is 13.7. The third kappa shape index (κ3) is 7.88. The van der Waals surface area contributed by atoms with Crippen LogP contribution in [0, 0.1) is 5.92 Å². The second-order valence-electron chi connectivity index (χ2n) is 11.0. The fraction of sp³-hybridized carbons (Fsp3) is 0.667. The summed E-state index contributed by atoms with van der Waals surface area (Å²) >= 11 is 12.0. The smallest absolute Gasteiger partial charge is 0.326 e. The first kappa shape index (κ1) is 31.0. The Morgan fingerprint density at radius 3 is 2.23 bits per heavy atom. The maximum Gasteiger partial charge on any atom is 0.326 e. The summed E-state index contributed by atoms with van der Waals surface area (Å²) in [6, 6.07) is 1.56. The molecule has 3 aliphatic heterocycles. The number of rotatable bonds is 11. The highest BCUT2D eigenvalue weighted by atomic mass is 35.5. The fourth-order valence-corrected chi connectivity index (χ4v) is 8.28. The van der Waals surface area contributed by atoms with E-state index in [9.17, 15) is 27.9 Å². The molecule has 2 amide bonds. The quantitative estimate of drug-likeness (QED) is 0.391. The van der Waals surface area contributed by atoms with Gasteiger partial charge < -0.3 is 20.2 Å². The van der Waals surface area contributed by atoms with Crippen molar-refractivity contribution >= 4 is 51.0 Å². The summed E-state index contributed by atoms with van der Waals surface area (Å²) in [4.78, 5) is 42.0. The number of hydrogen-bond donors (Lipinski definition) is 2. The molecule has 0 spiro atoms. The molecule has 3 aliphatic rings. The highest BCUT2D eigenvalue weighted by Gasteiger charge is 2.41. The number of amides is 2. The van der Waals surface area contributed by atoms with Crippen molar-refractivity contribution < 1.29 is 27.9 Å². The molecule has 0 aromatic heterocycles. The van der Waals surface area contributed by atoms with Crippen LogP contribution in [0.25, 0.3) is 0 Å². The van der Waals surface area contributed by atoms with E-state index in [1.165, 1.54) is 44.1 Å². The van der Waals surface area contributed by atoms with E-state index < -0.39 is 34.0 Å². The highest BCUT2D eigenvalue weighted by molar-refractivity contribution is 7.89. The van der Waals surface area contributed by atoms with Gasteiger partial charge in [-0.1, -0.05) is 23.2 Å². The van der Waals surface area contributed by atoms with E-state index in [0.29, 0.717) is 25.4 Å². The van der Waals surface area contributed by atoms with Gasteiger partial charge in [0.2, 0.25) is 21.8 Å². The van der Waals surface area contributed by atoms with Gasteiger partial charge in [-0.05, 0) is 95.1 Å². The molecular weight excluding hydrogens is 579 g/mol. The molecular formula is C27H38Cl2N4O6S. The Bertz CT molecular complexity index is 1170. The molecule has 0 saturated carbocycles. The van der Waals surface area contributed by atoms with E-state index in [0.717, 1.165) is 30.1 Å². The Morgan fingerprint density at radius 1 is 0.950 bits per heavy atom. The lowest BCUT2D eigenvalue weighted by Gasteiger charge is -2.33. The van der Waals surface area contributed by atoms with Gasteiger partial charge in [-0.2, -0.15) is 4.31 Å². The number of aliphatic carboxylic acids is 1. The number of benzene rings is 1. The number of carboxylic acid groups (broad SMARTS) is 1. The Kier molecular flexibility index (Phi) is 10.7. The monoisotopic (exact) mass is 616 g/mol. The number of likely N-dealkylation sites (tertiary alicyclic amines) is 2. The molecule has 222 valence electrons. The largest absolute Gasteiger partial charge is 0.480 e. The molecule has 4 rings (SSSR count). The van der Waals surface area contributed by atoms with Crippen LogP contribution in [0.15, 0.2) is 23.1 Å². The Labute approximate surface area is 246 Å². The van der Waals surface area contributed by atoms with Crippen LogP contribution in [0.5, 0.6) is 0 Å². The number of halogens is 2. The van der Waals surface area contributed by atoms with Crippen LogP contribution in [0.4, 0.5) is 0 Å². The third-order valence-corrected chi connectivity index (χ3v) is 10.6. The molecule has 40 heavy (non-hydrogen) atoms. The predicted octanol–water partition coefficient (Wildman–Crippen LogP) is 3.22. The van der Waals surface area contributed by atoms with Crippen molar-refractivity contribution in [1.82, 2.24) is 19.4 Å². The molecule has 0 unspecified atom stereocenters. The standard InChI is InChI=1S/C27H38Cl2N4O6S/c28-20-16-21(29)18-22(17-20)40(38,39)33-12-3-4-24(33)26(35)30-23(27(36)37)5-6-25(34)32-14-8-19(9-15-32)7-13-31-10-1-2-11-31/h16-19,23-24H,1-15H2,(H,30,35)(H,36,37)/t23-,24-/m0/s1. The zero-order valence-corrected chi connectivity index (χ0v) is 24.9. The van der Waals surface area contributed by atoms with Crippen molar-refractivity contribution in [3.8, 4) is 0 Å². The third-order valence-electron chi connectivity index (χ3n) is 8.23. The summed E-state index contributed by atoms with van der Waals surface area (Å²) < 4.78 is 27.6. The minimum absolute atomic E-state index is 0.0105. The van der Waals surface area contributed by atoms with Crippen molar-refractivity contribution in [2.45, 2.75) is 74.8 Å². The van der Waals surface area contributed by atoms with Gasteiger partial charge in [0.15, 0.2) is 0 Å². The van der Waals surface area contributed by atoms with Gasteiger partial charge in [0.1, 0.15) is 12.1 Å². The van der Waals surface area contributed by atoms with Crippen LogP contribution in [0.2, 0.25) is 10.0 Å². The minimum Gasteiger partial charge on any atom is -0.480 e. The molecule has 2 N–H and O–H groups in total. The number of carbonyl (C=O) groups is 3. The second kappa shape index (κ2) is 13.8. The van der Waals surface area contributed by atoms with Crippen molar-refractivity contribution in [2.75, 3.05) is 39.3 Å². The Balaban J connectivity index is 1.28. The zero-order valence-electron chi connectivity index (χ0n) is 22.6. The van der Waals surface area contributed by atoms with Crippen molar-refractivity contribution in [2.24, 2.45) is 5.92 Å². The average molecular weight is 618 g/mol. The number of carboxylic acids is 1. The lowest BCUT2D eigenvalue weighted by atomic mass is 9.93. The molecule has 1 aromatic rings. The van der Waals surface area contributed by atoms with E-state index >= 15 is 0 Å². The summed E-state index contributed by atoms with van der Waals surface area (Å²) in [5.41, 5.74) is 0. The van der Waals surface area contributed by atoms with Crippen LogP contribution >= 0.6 is 23.2 Å². The first-order valence-electron chi connectivity index (χ1n) is 14.1. The van der Waals surface area contributed by atoms with E-state index in [2.05, 4.69) is 10.2 Å². The van der Waals surface area contributed by atoms with E-state index in [1.807, 2.05) is 0 Å². The Morgan fingerprint density at radius 2 is 1.60 bits per heavy atom. The summed E-state index contributed by atoms with van der Waals surface area (Å²) in [6.07, 6.45) is 6.20. The zero-order chi connectivity index (χ0) is 28.9. The number of hydrogen-bond acceptors (Lipinski definition) is 6. The van der Waals surface area contributed by atoms with Crippen molar-refractivity contribution in [3.05, 3.63) is 28.2 Å². The van der Waals surface area contributed by atoms with Crippen molar-refractivity contribution in [1.29, 1.82) is 0 Å². The number of piperidine rings is 1. The first-order valence-corrected chi connectivity index (χ1v) is 16.3. The maximum atomic E-state index is 13.3. The summed E-state index contributed by atoms with van der Waals surface area (Å²) in [6.45, 7) is 4.92. The lowest BCUT2D eigenvalue weighted by Crippen LogP contribution is -2.51. The number of nitrogens with zero attached hydrogens (tertiary/aromatic N) is 3. The summed E-state index contributed by atoms with van der Waals surface area (Å²) in [5, 5.41) is 12.5. The molecule has 0 aliphatic carbocycles. The normalized spacial score (nSPS) is 21.9. The van der Waals surface area contributed by atoms with E-state index in [-0.39, 0.29) is 46.7 Å². The molecule has 3 heterocycles. The molecule has 3 saturated heterocycles. The average Bonchev–Trinajstić information content (AvgIpc) is 3.62. The first-order chi connectivity index (χ1) is 19.0. The van der Waals surface area contributed by atoms with E-state index in [4.69, 9.17) is 23.2 Å². The molecule has 13 heteroatoms. The maximum absolute atomic E-state index is 13.3. The number of sulfonamides is 1. The molecule has 1 aromatic carbocycles. The number of carbonyl (C=O) groups excluding carboxylic acids is 2. The van der Waals surface area contributed by atoms with Crippen LogP contribution < -0.4 is 5.32 Å². The SMILES string of the molecule is O=C(O)[C@H](CCC(=O)N1CCC(CCN2CCCC2)CC1)NC(=O)[C@@H]1CCCN1S(=O)(=O)c1cc(Cl)cc(Cl)c1. The van der Waals surface area contributed by atoms with Crippen molar-refractivity contribution in [3.63, 3.8) is 0 Å². The molecule has 2 atom stereocenters. The van der Waals surface area contributed by atoms with Gasteiger partial charge in [-0.15, -0.1) is 0 Å². The van der Waals surface area contributed by atoms with Crippen LogP contribution in [0.3, 0.4) is 0 Å². The predicted molar refractivity (Wildman–Crippen MR) is 152 cm³/mol. The van der Waals surface area contributed by atoms with Gasteiger partial charge in [0, 0.05) is 36.1 Å². The molecule has 0 bridgehead atoms. The van der Waals surface area contributed by atoms with Crippen LogP contribution in [0.1, 0.15) is 57.8 Å². The van der Waals surface area contributed by atoms with Crippen LogP contribution in [-0.4, -0.2) is 96.8 Å². The molecule has 3 fully saturated rings. The molecule has 10 nitrogen and oxygen atoms in total. The van der Waals surface area contributed by atoms with Gasteiger partial charge in [-0.3, -0.25) is 9.59 Å². The van der Waals surface area contributed by atoms with Crippen LogP contribution in [-0.2, 0) is 24.4 Å². The minimum atomic E-state index is -4.10. The summed E-state index contributed by atoms with van der Waals surface area (Å²) in [5.74, 6) is -1.49. The van der Waals surface area contributed by atoms with E-state index in [1.54, 1.807) is 4.90 Å². The Hall–Kier alpha value is -1.92. The lowest BCUT2D eigenvalue weighted by molar-refractivity contribution is -0.143.